The molecule has 1 aromatic carbocycles. The van der Waals surface area contributed by atoms with Crippen molar-refractivity contribution in [3.63, 3.8) is 0 Å². The summed E-state index contributed by atoms with van der Waals surface area (Å²) in [4.78, 5) is 25.4. The minimum absolute atomic E-state index is 0.0352. The summed E-state index contributed by atoms with van der Waals surface area (Å²) in [6.45, 7) is 0.771. The van der Waals surface area contributed by atoms with Crippen LogP contribution in [0.3, 0.4) is 0 Å². The topological polar surface area (TPSA) is 75.2 Å². The number of rotatable bonds is 6. The van der Waals surface area contributed by atoms with Crippen LogP contribution in [0.15, 0.2) is 34.1 Å². The summed E-state index contributed by atoms with van der Waals surface area (Å²) in [6, 6.07) is 7.40. The summed E-state index contributed by atoms with van der Waals surface area (Å²) in [7, 11) is 0. The summed E-state index contributed by atoms with van der Waals surface area (Å²) in [5, 5.41) is 10.5. The molecule has 3 rings (SSSR count). The minimum atomic E-state index is -0.0352. The fourth-order valence-corrected chi connectivity index (χ4v) is 3.82. The highest BCUT2D eigenvalue weighted by molar-refractivity contribution is 8.01. The molecule has 2 amide bonds. The highest BCUT2D eigenvalue weighted by atomic mass is 32.2. The van der Waals surface area contributed by atoms with E-state index >= 15 is 0 Å². The third-order valence-corrected chi connectivity index (χ3v) is 5.29. The number of hydrogen-bond donors (Lipinski definition) is 1. The van der Waals surface area contributed by atoms with Crippen LogP contribution in [-0.4, -0.2) is 34.3 Å². The second kappa shape index (κ2) is 7.56. The molecule has 0 bridgehead atoms. The smallest absolute Gasteiger partial charge is 0.227 e. The van der Waals surface area contributed by atoms with Gasteiger partial charge in [-0.25, -0.2) is 0 Å². The van der Waals surface area contributed by atoms with E-state index < -0.39 is 0 Å². The van der Waals surface area contributed by atoms with Gasteiger partial charge in [-0.2, -0.15) is 0 Å². The Bertz CT molecular complexity index is 673. The molecular formula is C15H16N4O2S2. The van der Waals surface area contributed by atoms with Gasteiger partial charge >= 0.3 is 0 Å². The molecule has 1 saturated heterocycles. The largest absolute Gasteiger partial charge is 0.326 e. The van der Waals surface area contributed by atoms with Crippen molar-refractivity contribution < 1.29 is 9.59 Å². The summed E-state index contributed by atoms with van der Waals surface area (Å²) in [5.41, 5.74) is 3.30. The first-order valence-corrected chi connectivity index (χ1v) is 9.18. The maximum Gasteiger partial charge on any atom is 0.227 e. The number of carbonyl (C=O) groups is 2. The zero-order chi connectivity index (χ0) is 16.1. The van der Waals surface area contributed by atoms with Gasteiger partial charge in [0.05, 0.1) is 0 Å². The highest BCUT2D eigenvalue weighted by Crippen LogP contribution is 2.23. The lowest BCUT2D eigenvalue weighted by molar-refractivity contribution is -0.117. The van der Waals surface area contributed by atoms with Crippen LogP contribution in [0.5, 0.6) is 0 Å². The molecule has 1 aliphatic heterocycles. The maximum absolute atomic E-state index is 11.9. The van der Waals surface area contributed by atoms with Crippen LogP contribution in [0, 0.1) is 0 Å². The van der Waals surface area contributed by atoms with Gasteiger partial charge in [0, 0.05) is 36.5 Å². The Labute approximate surface area is 142 Å². The molecule has 0 saturated carbocycles. The Hall–Kier alpha value is -1.93. The third kappa shape index (κ3) is 4.29. The molecule has 0 atom stereocenters. The summed E-state index contributed by atoms with van der Waals surface area (Å²) >= 11 is 2.99. The Kier molecular flexibility index (Phi) is 5.24. The number of nitrogens with one attached hydrogen (secondary N) is 1. The molecular weight excluding hydrogens is 332 g/mol. The van der Waals surface area contributed by atoms with Crippen molar-refractivity contribution in [3.8, 4) is 0 Å². The first-order valence-electron chi connectivity index (χ1n) is 7.31. The molecule has 0 aliphatic carbocycles. The lowest BCUT2D eigenvalue weighted by atomic mass is 10.2. The second-order valence-electron chi connectivity index (χ2n) is 5.05. The Morgan fingerprint density at radius 3 is 2.83 bits per heavy atom. The van der Waals surface area contributed by atoms with Gasteiger partial charge in [-0.15, -0.1) is 10.2 Å². The van der Waals surface area contributed by atoms with Gasteiger partial charge in [-0.05, 0) is 30.7 Å². The Morgan fingerprint density at radius 2 is 2.17 bits per heavy atom. The zero-order valence-electron chi connectivity index (χ0n) is 12.4. The average molecular weight is 348 g/mol. The van der Waals surface area contributed by atoms with Crippen LogP contribution in [0.2, 0.25) is 0 Å². The lowest BCUT2D eigenvalue weighted by Gasteiger charge is -2.16. The number of thioether (sulfide) groups is 1. The number of amides is 2. The first kappa shape index (κ1) is 15.9. The van der Waals surface area contributed by atoms with Crippen LogP contribution in [-0.2, 0) is 9.59 Å². The molecule has 8 heteroatoms. The van der Waals surface area contributed by atoms with E-state index in [4.69, 9.17) is 0 Å². The van der Waals surface area contributed by atoms with Crippen LogP contribution in [0.1, 0.15) is 19.3 Å². The maximum atomic E-state index is 11.9. The summed E-state index contributed by atoms with van der Waals surface area (Å²) in [6.07, 6.45) is 1.94. The van der Waals surface area contributed by atoms with Gasteiger partial charge in [-0.1, -0.05) is 23.1 Å². The molecule has 2 aromatic rings. The van der Waals surface area contributed by atoms with E-state index in [-0.39, 0.29) is 11.8 Å². The molecule has 0 unspecified atom stereocenters. The fourth-order valence-electron chi connectivity index (χ4n) is 2.33. The third-order valence-electron chi connectivity index (χ3n) is 3.43. The molecule has 1 aliphatic rings. The molecule has 2 heterocycles. The SMILES string of the molecule is O=C(CCSc1nncs1)Nc1ccc(N2CCCC2=O)cc1. The predicted molar refractivity (Wildman–Crippen MR) is 91.9 cm³/mol. The van der Waals surface area contributed by atoms with Crippen molar-refractivity contribution in [2.45, 2.75) is 23.6 Å². The van der Waals surface area contributed by atoms with Crippen molar-refractivity contribution in [2.24, 2.45) is 0 Å². The number of hydrogen-bond acceptors (Lipinski definition) is 6. The van der Waals surface area contributed by atoms with E-state index in [0.717, 1.165) is 28.7 Å². The Balaban J connectivity index is 1.47. The molecule has 0 spiro atoms. The standard InChI is InChI=1S/C15H16N4O2S2/c20-13(7-9-22-15-18-16-10-23-15)17-11-3-5-12(6-4-11)19-8-1-2-14(19)21/h3-6,10H,1-2,7-9H2,(H,17,20). The number of aromatic nitrogens is 2. The van der Waals surface area contributed by atoms with Crippen molar-refractivity contribution in [3.05, 3.63) is 29.8 Å². The fraction of sp³-hybridized carbons (Fsp3) is 0.333. The zero-order valence-corrected chi connectivity index (χ0v) is 14.0. The van der Waals surface area contributed by atoms with Crippen molar-refractivity contribution in [1.29, 1.82) is 0 Å². The molecule has 1 aromatic heterocycles. The molecule has 1 N–H and O–H groups in total. The van der Waals surface area contributed by atoms with E-state index in [1.165, 1.54) is 23.1 Å². The number of nitrogens with zero attached hydrogens (tertiary/aromatic N) is 3. The van der Waals surface area contributed by atoms with E-state index in [0.29, 0.717) is 18.6 Å². The van der Waals surface area contributed by atoms with E-state index in [1.807, 2.05) is 24.3 Å². The van der Waals surface area contributed by atoms with Crippen LogP contribution < -0.4 is 10.2 Å². The highest BCUT2D eigenvalue weighted by Gasteiger charge is 2.21. The summed E-state index contributed by atoms with van der Waals surface area (Å²) in [5.74, 6) is 0.795. The van der Waals surface area contributed by atoms with Gasteiger partial charge < -0.3 is 10.2 Å². The first-order chi connectivity index (χ1) is 11.2. The van der Waals surface area contributed by atoms with Gasteiger partial charge in [0.25, 0.3) is 0 Å². The van der Waals surface area contributed by atoms with E-state index in [2.05, 4.69) is 15.5 Å². The van der Waals surface area contributed by atoms with Gasteiger partial charge in [0.1, 0.15) is 5.51 Å². The van der Waals surface area contributed by atoms with Gasteiger partial charge in [0.15, 0.2) is 4.34 Å². The number of carbonyl (C=O) groups excluding carboxylic acids is 2. The van der Waals surface area contributed by atoms with Crippen LogP contribution in [0.25, 0.3) is 0 Å². The van der Waals surface area contributed by atoms with Gasteiger partial charge in [0.2, 0.25) is 11.8 Å². The number of benzene rings is 1. The van der Waals surface area contributed by atoms with Gasteiger partial charge in [-0.3, -0.25) is 9.59 Å². The van der Waals surface area contributed by atoms with Crippen LogP contribution in [0.4, 0.5) is 11.4 Å². The van der Waals surface area contributed by atoms with Crippen molar-refractivity contribution in [2.75, 3.05) is 22.5 Å². The molecule has 6 nitrogen and oxygen atoms in total. The lowest BCUT2D eigenvalue weighted by Crippen LogP contribution is -2.23. The summed E-state index contributed by atoms with van der Waals surface area (Å²) < 4.78 is 0.873. The average Bonchev–Trinajstić information content (AvgIpc) is 3.20. The minimum Gasteiger partial charge on any atom is -0.326 e. The monoisotopic (exact) mass is 348 g/mol. The van der Waals surface area contributed by atoms with E-state index in [1.54, 1.807) is 10.4 Å². The van der Waals surface area contributed by atoms with Crippen molar-refractivity contribution >= 4 is 46.3 Å². The molecule has 0 radical (unpaired) electrons. The quantitative estimate of drug-likeness (QED) is 0.813. The van der Waals surface area contributed by atoms with Crippen LogP contribution >= 0.6 is 23.1 Å². The predicted octanol–water partition coefficient (Wildman–Crippen LogP) is 2.79. The normalized spacial score (nSPS) is 14.3. The molecule has 1 fully saturated rings. The van der Waals surface area contributed by atoms with Crippen molar-refractivity contribution in [1.82, 2.24) is 10.2 Å². The number of anilines is 2. The second-order valence-corrected chi connectivity index (χ2v) is 7.22. The Morgan fingerprint density at radius 1 is 1.35 bits per heavy atom. The molecule has 23 heavy (non-hydrogen) atoms. The molecule has 120 valence electrons. The van der Waals surface area contributed by atoms with E-state index in [9.17, 15) is 9.59 Å².